The Morgan fingerprint density at radius 1 is 1.62 bits per heavy atom. The maximum Gasteiger partial charge on any atom is 0.0635 e. The topological polar surface area (TPSA) is 48.7 Å². The van der Waals surface area contributed by atoms with Crippen LogP contribution in [0.3, 0.4) is 0 Å². The van der Waals surface area contributed by atoms with Gasteiger partial charge in [0.25, 0.3) is 0 Å². The molecule has 68 valence electrons. The maximum atomic E-state index is 8.32. The van der Waals surface area contributed by atoms with Gasteiger partial charge in [-0.25, -0.2) is 0 Å². The third-order valence-corrected chi connectivity index (χ3v) is 1.88. The minimum atomic E-state index is 0.555. The summed E-state index contributed by atoms with van der Waals surface area (Å²) in [6, 6.07) is 4.08. The summed E-state index contributed by atoms with van der Waals surface area (Å²) in [4.78, 5) is 4.04. The van der Waals surface area contributed by atoms with Crippen molar-refractivity contribution in [3.05, 3.63) is 29.6 Å². The van der Waals surface area contributed by atoms with Crippen molar-refractivity contribution in [1.29, 1.82) is 5.26 Å². The predicted octanol–water partition coefficient (Wildman–Crippen LogP) is 1.39. The van der Waals surface area contributed by atoms with Gasteiger partial charge in [0, 0.05) is 31.9 Å². The van der Waals surface area contributed by atoms with Gasteiger partial charge < -0.3 is 5.32 Å². The highest BCUT2D eigenvalue weighted by molar-refractivity contribution is 5.20. The lowest BCUT2D eigenvalue weighted by Gasteiger charge is -2.04. The summed E-state index contributed by atoms with van der Waals surface area (Å²) in [5.41, 5.74) is 2.43. The molecule has 0 fully saturated rings. The van der Waals surface area contributed by atoms with Crippen LogP contribution in [0.25, 0.3) is 0 Å². The quantitative estimate of drug-likeness (QED) is 0.703. The largest absolute Gasteiger partial charge is 0.312 e. The van der Waals surface area contributed by atoms with Crippen molar-refractivity contribution in [3.8, 4) is 6.07 Å². The zero-order chi connectivity index (χ0) is 9.52. The van der Waals surface area contributed by atoms with Crippen LogP contribution in [0.2, 0.25) is 0 Å². The van der Waals surface area contributed by atoms with Gasteiger partial charge >= 0.3 is 0 Å². The van der Waals surface area contributed by atoms with Crippen molar-refractivity contribution in [2.45, 2.75) is 19.9 Å². The third kappa shape index (κ3) is 3.22. The molecule has 1 N–H and O–H groups in total. The van der Waals surface area contributed by atoms with Gasteiger partial charge in [0.15, 0.2) is 0 Å². The number of nitriles is 1. The van der Waals surface area contributed by atoms with Crippen LogP contribution in [0.4, 0.5) is 0 Å². The molecule has 0 aliphatic heterocycles. The second kappa shape index (κ2) is 5.28. The Hall–Kier alpha value is -1.40. The van der Waals surface area contributed by atoms with E-state index in [0.29, 0.717) is 6.42 Å². The number of hydrogen-bond acceptors (Lipinski definition) is 3. The minimum Gasteiger partial charge on any atom is -0.312 e. The first-order valence-electron chi connectivity index (χ1n) is 4.31. The van der Waals surface area contributed by atoms with Gasteiger partial charge in [-0.2, -0.15) is 5.26 Å². The molecule has 0 aliphatic rings. The molecule has 1 aromatic heterocycles. The molecule has 3 heteroatoms. The molecule has 0 aliphatic carbocycles. The molecule has 0 aromatic carbocycles. The van der Waals surface area contributed by atoms with E-state index < -0.39 is 0 Å². The van der Waals surface area contributed by atoms with Crippen molar-refractivity contribution in [2.75, 3.05) is 6.54 Å². The Morgan fingerprint density at radius 3 is 3.15 bits per heavy atom. The molecule has 1 heterocycles. The normalized spacial score (nSPS) is 9.54. The van der Waals surface area contributed by atoms with E-state index in [1.165, 1.54) is 11.1 Å². The van der Waals surface area contributed by atoms with Gasteiger partial charge in [-0.15, -0.1) is 0 Å². The Morgan fingerprint density at radius 2 is 2.46 bits per heavy atom. The molecule has 0 spiro atoms. The maximum absolute atomic E-state index is 8.32. The number of aryl methyl sites for hydroxylation is 1. The van der Waals surface area contributed by atoms with Gasteiger partial charge in [0.1, 0.15) is 0 Å². The lowest BCUT2D eigenvalue weighted by Crippen LogP contribution is -2.14. The summed E-state index contributed by atoms with van der Waals surface area (Å²) < 4.78 is 0. The summed E-state index contributed by atoms with van der Waals surface area (Å²) in [6.07, 6.45) is 4.20. The summed E-state index contributed by atoms with van der Waals surface area (Å²) >= 11 is 0. The summed E-state index contributed by atoms with van der Waals surface area (Å²) in [5, 5.41) is 11.5. The smallest absolute Gasteiger partial charge is 0.0635 e. The Kier molecular flexibility index (Phi) is 3.94. The van der Waals surface area contributed by atoms with E-state index in [0.717, 1.165) is 13.1 Å². The van der Waals surface area contributed by atoms with E-state index in [-0.39, 0.29) is 0 Å². The van der Waals surface area contributed by atoms with Crippen molar-refractivity contribution in [2.24, 2.45) is 0 Å². The second-order valence-electron chi connectivity index (χ2n) is 2.89. The van der Waals surface area contributed by atoms with E-state index >= 15 is 0 Å². The van der Waals surface area contributed by atoms with Crippen LogP contribution in [0.1, 0.15) is 17.5 Å². The molecule has 1 rings (SSSR count). The van der Waals surface area contributed by atoms with Crippen LogP contribution < -0.4 is 5.32 Å². The predicted molar refractivity (Wildman–Crippen MR) is 50.9 cm³/mol. The standard InChI is InChI=1S/C10H13N3/c1-9-3-6-13-8-10(9)7-12-5-2-4-11/h3,6,8,12H,2,5,7H2,1H3. The van der Waals surface area contributed by atoms with Gasteiger partial charge in [-0.05, 0) is 24.1 Å². The first-order chi connectivity index (χ1) is 6.34. The molecule has 0 unspecified atom stereocenters. The van der Waals surface area contributed by atoms with Crippen LogP contribution >= 0.6 is 0 Å². The van der Waals surface area contributed by atoms with Crippen LogP contribution in [-0.4, -0.2) is 11.5 Å². The van der Waals surface area contributed by atoms with E-state index in [4.69, 9.17) is 5.26 Å². The van der Waals surface area contributed by atoms with Crippen LogP contribution in [0.5, 0.6) is 0 Å². The molecule has 0 amide bonds. The number of nitrogens with one attached hydrogen (secondary N) is 1. The molecule has 0 bridgehead atoms. The van der Waals surface area contributed by atoms with Crippen molar-refractivity contribution >= 4 is 0 Å². The van der Waals surface area contributed by atoms with Crippen LogP contribution in [0.15, 0.2) is 18.5 Å². The number of aromatic nitrogens is 1. The summed E-state index contributed by atoms with van der Waals surface area (Å²) in [5.74, 6) is 0. The zero-order valence-electron chi connectivity index (χ0n) is 7.75. The van der Waals surface area contributed by atoms with Gasteiger partial charge in [-0.3, -0.25) is 4.98 Å². The number of rotatable bonds is 4. The monoisotopic (exact) mass is 175 g/mol. The molecule has 3 nitrogen and oxygen atoms in total. The van der Waals surface area contributed by atoms with Gasteiger partial charge in [0.05, 0.1) is 6.07 Å². The fraction of sp³-hybridized carbons (Fsp3) is 0.400. The van der Waals surface area contributed by atoms with E-state index in [1.54, 1.807) is 6.20 Å². The number of pyridine rings is 1. The Balaban J connectivity index is 2.37. The van der Waals surface area contributed by atoms with E-state index in [2.05, 4.69) is 23.3 Å². The average Bonchev–Trinajstić information content (AvgIpc) is 2.15. The van der Waals surface area contributed by atoms with Crippen molar-refractivity contribution in [1.82, 2.24) is 10.3 Å². The molecule has 0 atom stereocenters. The SMILES string of the molecule is Cc1ccncc1CNCCC#N. The first-order valence-corrected chi connectivity index (χ1v) is 4.31. The zero-order valence-corrected chi connectivity index (χ0v) is 7.75. The fourth-order valence-corrected chi connectivity index (χ4v) is 1.05. The Bertz CT molecular complexity index is 301. The number of nitrogens with zero attached hydrogens (tertiary/aromatic N) is 2. The fourth-order valence-electron chi connectivity index (χ4n) is 1.05. The third-order valence-electron chi connectivity index (χ3n) is 1.88. The van der Waals surface area contributed by atoms with Gasteiger partial charge in [-0.1, -0.05) is 0 Å². The highest BCUT2D eigenvalue weighted by Gasteiger charge is 1.95. The summed E-state index contributed by atoms with van der Waals surface area (Å²) in [6.45, 7) is 3.59. The highest BCUT2D eigenvalue weighted by atomic mass is 14.8. The van der Waals surface area contributed by atoms with E-state index in [1.807, 2.05) is 12.3 Å². The molecular formula is C10H13N3. The number of hydrogen-bond donors (Lipinski definition) is 1. The lowest BCUT2D eigenvalue weighted by molar-refractivity contribution is 0.694. The van der Waals surface area contributed by atoms with Crippen LogP contribution in [0, 0.1) is 18.3 Å². The minimum absolute atomic E-state index is 0.555. The molecule has 0 saturated carbocycles. The molecular weight excluding hydrogens is 162 g/mol. The first kappa shape index (κ1) is 9.69. The molecule has 1 aromatic rings. The van der Waals surface area contributed by atoms with Crippen molar-refractivity contribution < 1.29 is 0 Å². The Labute approximate surface area is 78.4 Å². The van der Waals surface area contributed by atoms with Crippen LogP contribution in [-0.2, 0) is 6.54 Å². The van der Waals surface area contributed by atoms with E-state index in [9.17, 15) is 0 Å². The van der Waals surface area contributed by atoms with Crippen molar-refractivity contribution in [3.63, 3.8) is 0 Å². The molecule has 13 heavy (non-hydrogen) atoms. The summed E-state index contributed by atoms with van der Waals surface area (Å²) in [7, 11) is 0. The molecule has 0 radical (unpaired) electrons. The lowest BCUT2D eigenvalue weighted by atomic mass is 10.1. The van der Waals surface area contributed by atoms with Gasteiger partial charge in [0.2, 0.25) is 0 Å². The highest BCUT2D eigenvalue weighted by Crippen LogP contribution is 2.03. The molecule has 0 saturated heterocycles. The average molecular weight is 175 g/mol. The second-order valence-corrected chi connectivity index (χ2v) is 2.89.